The smallest absolute Gasteiger partial charge is 0.244 e. The van der Waals surface area contributed by atoms with Crippen LogP contribution >= 0.6 is 0 Å². The van der Waals surface area contributed by atoms with E-state index in [9.17, 15) is 4.79 Å². The number of nitrogens with zero attached hydrogens (tertiary/aromatic N) is 4. The molecule has 0 unspecified atom stereocenters. The second-order valence-corrected chi connectivity index (χ2v) is 7.01. The number of methoxy groups -OCH3 is 1. The summed E-state index contributed by atoms with van der Waals surface area (Å²) in [6.45, 7) is 10.8. The quantitative estimate of drug-likeness (QED) is 0.845. The van der Waals surface area contributed by atoms with Crippen molar-refractivity contribution in [1.82, 2.24) is 14.7 Å². The van der Waals surface area contributed by atoms with Gasteiger partial charge in [0.15, 0.2) is 0 Å². The molecule has 6 heteroatoms. The summed E-state index contributed by atoms with van der Waals surface area (Å²) in [6.07, 6.45) is 0. The Morgan fingerprint density at radius 3 is 2.58 bits per heavy atom. The molecule has 0 spiro atoms. The van der Waals surface area contributed by atoms with Gasteiger partial charge in [-0.05, 0) is 45.4 Å². The monoisotopic (exact) mass is 356 g/mol. The van der Waals surface area contributed by atoms with Crippen molar-refractivity contribution in [3.05, 3.63) is 41.2 Å². The van der Waals surface area contributed by atoms with E-state index in [0.717, 1.165) is 41.5 Å². The third-order valence-corrected chi connectivity index (χ3v) is 5.40. The summed E-state index contributed by atoms with van der Waals surface area (Å²) in [7, 11) is 1.69. The Labute approximate surface area is 155 Å². The number of rotatable bonds is 4. The molecule has 0 N–H and O–H groups in total. The first-order valence-electron chi connectivity index (χ1n) is 9.10. The van der Waals surface area contributed by atoms with Crippen molar-refractivity contribution >= 4 is 11.6 Å². The molecule has 2 heterocycles. The zero-order valence-corrected chi connectivity index (χ0v) is 16.3. The average molecular weight is 356 g/mol. The van der Waals surface area contributed by atoms with Gasteiger partial charge in [-0.1, -0.05) is 12.1 Å². The lowest BCUT2D eigenvalue weighted by Crippen LogP contribution is -2.55. The Morgan fingerprint density at radius 1 is 1.23 bits per heavy atom. The Hall–Kier alpha value is -2.50. The number of aromatic nitrogens is 2. The maximum absolute atomic E-state index is 12.8. The van der Waals surface area contributed by atoms with E-state index in [-0.39, 0.29) is 11.9 Å². The topological polar surface area (TPSA) is 50.6 Å². The van der Waals surface area contributed by atoms with Crippen molar-refractivity contribution in [1.29, 1.82) is 0 Å². The number of hydrogen-bond acceptors (Lipinski definition) is 4. The fourth-order valence-corrected chi connectivity index (χ4v) is 3.60. The van der Waals surface area contributed by atoms with Crippen LogP contribution < -0.4 is 9.64 Å². The largest absolute Gasteiger partial charge is 0.495 e. The van der Waals surface area contributed by atoms with Crippen LogP contribution in [0.1, 0.15) is 23.9 Å². The number of ether oxygens (including phenoxy) is 1. The first kappa shape index (κ1) is 18.3. The molecule has 1 fully saturated rings. The highest BCUT2D eigenvalue weighted by Crippen LogP contribution is 2.29. The van der Waals surface area contributed by atoms with Gasteiger partial charge >= 0.3 is 0 Å². The second-order valence-electron chi connectivity index (χ2n) is 7.01. The summed E-state index contributed by atoms with van der Waals surface area (Å²) in [5.41, 5.74) is 4.30. The number of amides is 1. The predicted octanol–water partition coefficient (Wildman–Crippen LogP) is 2.55. The van der Waals surface area contributed by atoms with Gasteiger partial charge in [0.2, 0.25) is 5.91 Å². The molecule has 1 amide bonds. The molecule has 0 saturated carbocycles. The van der Waals surface area contributed by atoms with E-state index in [4.69, 9.17) is 4.74 Å². The summed E-state index contributed by atoms with van der Waals surface area (Å²) >= 11 is 0. The summed E-state index contributed by atoms with van der Waals surface area (Å²) in [6, 6.07) is 8.18. The number of carbonyl (C=O) groups is 1. The molecule has 0 bridgehead atoms. The maximum Gasteiger partial charge on any atom is 0.244 e. The Morgan fingerprint density at radius 2 is 1.96 bits per heavy atom. The van der Waals surface area contributed by atoms with Crippen LogP contribution in [0, 0.1) is 20.8 Å². The van der Waals surface area contributed by atoms with E-state index in [1.807, 2.05) is 48.6 Å². The van der Waals surface area contributed by atoms with Crippen molar-refractivity contribution in [3.63, 3.8) is 0 Å². The van der Waals surface area contributed by atoms with Crippen molar-refractivity contribution in [2.24, 2.45) is 0 Å². The van der Waals surface area contributed by atoms with Gasteiger partial charge in [0.1, 0.15) is 12.3 Å². The first-order chi connectivity index (χ1) is 12.4. The lowest BCUT2D eigenvalue weighted by Gasteiger charge is -2.41. The molecule has 0 aliphatic carbocycles. The minimum absolute atomic E-state index is 0.128. The minimum Gasteiger partial charge on any atom is -0.495 e. The van der Waals surface area contributed by atoms with Crippen LogP contribution in [0.3, 0.4) is 0 Å². The molecule has 1 saturated heterocycles. The van der Waals surface area contributed by atoms with Crippen LogP contribution in [0.2, 0.25) is 0 Å². The maximum atomic E-state index is 12.8. The third-order valence-electron chi connectivity index (χ3n) is 5.40. The zero-order valence-electron chi connectivity index (χ0n) is 16.3. The number of piperazine rings is 1. The fraction of sp³-hybridized carbons (Fsp3) is 0.500. The standard InChI is InChI=1S/C20H28N4O2/c1-14-12-22(18-8-6-7-9-19(18)26-5)10-11-23(14)20(25)13-24-17(4)15(2)16(3)21-24/h6-9,14H,10-13H2,1-5H3/t14-/m1/s1. The Kier molecular flexibility index (Phi) is 5.20. The number of aryl methyl sites for hydroxylation is 1. The van der Waals surface area contributed by atoms with E-state index in [1.54, 1.807) is 7.11 Å². The number of carbonyl (C=O) groups excluding carboxylic acids is 1. The highest BCUT2D eigenvalue weighted by molar-refractivity contribution is 5.77. The van der Waals surface area contributed by atoms with Gasteiger partial charge in [0, 0.05) is 31.4 Å². The van der Waals surface area contributed by atoms with Crippen molar-refractivity contribution < 1.29 is 9.53 Å². The summed E-state index contributed by atoms with van der Waals surface area (Å²) < 4.78 is 7.31. The lowest BCUT2D eigenvalue weighted by molar-refractivity contribution is -0.134. The van der Waals surface area contributed by atoms with Crippen LogP contribution in [0.15, 0.2) is 24.3 Å². The minimum atomic E-state index is 0.128. The van der Waals surface area contributed by atoms with E-state index in [2.05, 4.69) is 23.0 Å². The molecule has 1 aliphatic heterocycles. The molecule has 0 radical (unpaired) electrons. The second kappa shape index (κ2) is 7.40. The van der Waals surface area contributed by atoms with Crippen LogP contribution in [-0.4, -0.2) is 53.4 Å². The van der Waals surface area contributed by atoms with Crippen molar-refractivity contribution in [3.8, 4) is 5.75 Å². The average Bonchev–Trinajstić information content (AvgIpc) is 2.88. The highest BCUT2D eigenvalue weighted by atomic mass is 16.5. The number of benzene rings is 1. The normalized spacial score (nSPS) is 17.5. The fourth-order valence-electron chi connectivity index (χ4n) is 3.60. The van der Waals surface area contributed by atoms with Crippen LogP contribution in [0.4, 0.5) is 5.69 Å². The molecular weight excluding hydrogens is 328 g/mol. The highest BCUT2D eigenvalue weighted by Gasteiger charge is 2.29. The van der Waals surface area contributed by atoms with Gasteiger partial charge < -0.3 is 14.5 Å². The number of para-hydroxylation sites is 2. The molecule has 3 rings (SSSR count). The molecule has 2 aromatic rings. The van der Waals surface area contributed by atoms with E-state index in [0.29, 0.717) is 13.1 Å². The van der Waals surface area contributed by atoms with E-state index >= 15 is 0 Å². The molecule has 1 aliphatic rings. The Balaban J connectivity index is 1.68. The summed E-state index contributed by atoms with van der Waals surface area (Å²) in [5.74, 6) is 1.00. The Bertz CT molecular complexity index is 799. The number of anilines is 1. The van der Waals surface area contributed by atoms with Gasteiger partial charge in [-0.15, -0.1) is 0 Å². The molecule has 1 aromatic heterocycles. The molecule has 26 heavy (non-hydrogen) atoms. The van der Waals surface area contributed by atoms with Crippen LogP contribution in [0.25, 0.3) is 0 Å². The lowest BCUT2D eigenvalue weighted by atomic mass is 10.1. The number of hydrogen-bond donors (Lipinski definition) is 0. The van der Waals surface area contributed by atoms with Crippen LogP contribution in [-0.2, 0) is 11.3 Å². The summed E-state index contributed by atoms with van der Waals surface area (Å²) in [4.78, 5) is 17.1. The van der Waals surface area contributed by atoms with Gasteiger partial charge in [-0.3, -0.25) is 9.48 Å². The SMILES string of the molecule is COc1ccccc1N1CCN(C(=O)Cn2nc(C)c(C)c2C)[C@H](C)C1. The molecule has 140 valence electrons. The molecular formula is C20H28N4O2. The van der Waals surface area contributed by atoms with Crippen molar-refractivity contribution in [2.75, 3.05) is 31.6 Å². The summed E-state index contributed by atoms with van der Waals surface area (Å²) in [5, 5.41) is 4.50. The van der Waals surface area contributed by atoms with E-state index < -0.39 is 0 Å². The molecule has 6 nitrogen and oxygen atoms in total. The van der Waals surface area contributed by atoms with Gasteiger partial charge in [-0.25, -0.2) is 0 Å². The zero-order chi connectivity index (χ0) is 18.8. The predicted molar refractivity (Wildman–Crippen MR) is 103 cm³/mol. The third kappa shape index (κ3) is 3.41. The first-order valence-corrected chi connectivity index (χ1v) is 9.10. The van der Waals surface area contributed by atoms with Gasteiger partial charge in [-0.2, -0.15) is 5.10 Å². The van der Waals surface area contributed by atoms with Gasteiger partial charge in [0.05, 0.1) is 18.5 Å². The van der Waals surface area contributed by atoms with E-state index in [1.165, 1.54) is 0 Å². The van der Waals surface area contributed by atoms with Gasteiger partial charge in [0.25, 0.3) is 0 Å². The van der Waals surface area contributed by atoms with Crippen LogP contribution in [0.5, 0.6) is 5.75 Å². The van der Waals surface area contributed by atoms with Crippen molar-refractivity contribution in [2.45, 2.75) is 40.3 Å². The molecule has 1 atom stereocenters. The molecule has 1 aromatic carbocycles.